The van der Waals surface area contributed by atoms with E-state index in [4.69, 9.17) is 5.11 Å². The van der Waals surface area contributed by atoms with Crippen LogP contribution in [0.25, 0.3) is 0 Å². The lowest BCUT2D eigenvalue weighted by Gasteiger charge is -2.21. The normalized spacial score (nSPS) is 14.2. The number of carbonyl (C=O) groups is 2. The maximum Gasteiger partial charge on any atom is 0.403 e. The first kappa shape index (κ1) is 18.0. The molecule has 0 aliphatic carbocycles. The fourth-order valence-electron chi connectivity index (χ4n) is 1.89. The number of rotatable bonds is 7. The third-order valence-corrected chi connectivity index (χ3v) is 3.13. The summed E-state index contributed by atoms with van der Waals surface area (Å²) >= 11 is 0. The monoisotopic (exact) mass is 318 g/mol. The Bertz CT molecular complexity index is 506. The molecular weight excluding hydrogens is 301 g/mol. The van der Waals surface area contributed by atoms with Crippen LogP contribution in [0.1, 0.15) is 23.2 Å². The molecule has 0 saturated carbocycles. The lowest BCUT2D eigenvalue weighted by molar-refractivity contribution is -0.157. The van der Waals surface area contributed by atoms with Gasteiger partial charge in [-0.2, -0.15) is 13.2 Å². The number of carboxylic acid groups (broad SMARTS) is 1. The van der Waals surface area contributed by atoms with Crippen LogP contribution in [0.4, 0.5) is 13.2 Å². The molecule has 0 bridgehead atoms. The van der Waals surface area contributed by atoms with Gasteiger partial charge in [-0.05, 0) is 32.0 Å². The van der Waals surface area contributed by atoms with Crippen molar-refractivity contribution in [3.63, 3.8) is 0 Å². The van der Waals surface area contributed by atoms with Crippen LogP contribution in [0, 0.1) is 0 Å². The summed E-state index contributed by atoms with van der Waals surface area (Å²) < 4.78 is 37.8. The molecule has 0 fully saturated rings. The molecule has 0 heterocycles. The van der Waals surface area contributed by atoms with Crippen molar-refractivity contribution in [3.8, 4) is 0 Å². The number of nitrogens with one attached hydrogen (secondary N) is 2. The van der Waals surface area contributed by atoms with Gasteiger partial charge in [-0.25, -0.2) is 4.79 Å². The summed E-state index contributed by atoms with van der Waals surface area (Å²) in [5.41, 5.74) is 0.245. The Morgan fingerprint density at radius 3 is 2.23 bits per heavy atom. The minimum atomic E-state index is -4.47. The Morgan fingerprint density at radius 1 is 1.18 bits per heavy atom. The second kappa shape index (κ2) is 7.79. The molecular formula is C14H17F3N2O3. The van der Waals surface area contributed by atoms with Crippen LogP contribution in [0.15, 0.2) is 30.3 Å². The standard InChI is InChI=1S/C14H17F3N2O3/c1-18-11(14(15,16)17)8-7-10(13(21)22)19-12(20)9-5-3-2-4-6-9/h2-6,10-11,18H,7-8H2,1H3,(H,19,20)(H,21,22)/t10-,11+/m1/s1. The number of alkyl halides is 3. The average Bonchev–Trinajstić information content (AvgIpc) is 2.45. The molecule has 2 atom stereocenters. The van der Waals surface area contributed by atoms with E-state index in [9.17, 15) is 22.8 Å². The zero-order chi connectivity index (χ0) is 16.8. The summed E-state index contributed by atoms with van der Waals surface area (Å²) in [6.45, 7) is 0. The largest absolute Gasteiger partial charge is 0.480 e. The molecule has 8 heteroatoms. The molecule has 0 aromatic heterocycles. The predicted molar refractivity (Wildman–Crippen MR) is 73.5 cm³/mol. The van der Waals surface area contributed by atoms with E-state index in [2.05, 4.69) is 10.6 Å². The van der Waals surface area contributed by atoms with E-state index in [0.29, 0.717) is 0 Å². The molecule has 1 aromatic rings. The van der Waals surface area contributed by atoms with Crippen molar-refractivity contribution in [2.24, 2.45) is 0 Å². The summed E-state index contributed by atoms with van der Waals surface area (Å²) in [6.07, 6.45) is -5.26. The number of halogens is 3. The zero-order valence-corrected chi connectivity index (χ0v) is 11.9. The Kier molecular flexibility index (Phi) is 6.36. The summed E-state index contributed by atoms with van der Waals surface area (Å²) in [7, 11) is 1.15. The number of carboxylic acids is 1. The van der Waals surface area contributed by atoms with Gasteiger partial charge in [0.05, 0.1) is 0 Å². The van der Waals surface area contributed by atoms with Gasteiger partial charge in [-0.1, -0.05) is 18.2 Å². The Hall–Kier alpha value is -2.09. The number of hydrogen-bond acceptors (Lipinski definition) is 3. The van der Waals surface area contributed by atoms with E-state index < -0.39 is 36.6 Å². The zero-order valence-electron chi connectivity index (χ0n) is 11.9. The highest BCUT2D eigenvalue weighted by Gasteiger charge is 2.39. The quantitative estimate of drug-likeness (QED) is 0.716. The van der Waals surface area contributed by atoms with Gasteiger partial charge in [0.2, 0.25) is 0 Å². The highest BCUT2D eigenvalue weighted by atomic mass is 19.4. The molecule has 1 rings (SSSR count). The maximum atomic E-state index is 12.6. The summed E-state index contributed by atoms with van der Waals surface area (Å²) in [5, 5.41) is 13.4. The highest BCUT2D eigenvalue weighted by molar-refractivity contribution is 5.96. The topological polar surface area (TPSA) is 78.4 Å². The second-order valence-electron chi connectivity index (χ2n) is 4.69. The van der Waals surface area contributed by atoms with E-state index in [1.165, 1.54) is 12.1 Å². The SMILES string of the molecule is CN[C@@H](CC[C@@H](NC(=O)c1ccccc1)C(=O)O)C(F)(F)F. The van der Waals surface area contributed by atoms with Crippen molar-refractivity contribution in [3.05, 3.63) is 35.9 Å². The number of benzene rings is 1. The predicted octanol–water partition coefficient (Wildman–Crippen LogP) is 1.80. The summed E-state index contributed by atoms with van der Waals surface area (Å²) in [4.78, 5) is 23.0. The lowest BCUT2D eigenvalue weighted by Crippen LogP contribution is -2.45. The molecule has 122 valence electrons. The Labute approximate surface area is 125 Å². The van der Waals surface area contributed by atoms with Crippen molar-refractivity contribution in [1.29, 1.82) is 0 Å². The third-order valence-electron chi connectivity index (χ3n) is 3.13. The number of aliphatic carboxylic acids is 1. The Morgan fingerprint density at radius 2 is 1.77 bits per heavy atom. The molecule has 0 aliphatic heterocycles. The lowest BCUT2D eigenvalue weighted by atomic mass is 10.1. The van der Waals surface area contributed by atoms with Gasteiger partial charge in [0.25, 0.3) is 5.91 Å². The molecule has 0 saturated heterocycles. The van der Waals surface area contributed by atoms with Crippen molar-refractivity contribution in [2.45, 2.75) is 31.1 Å². The first-order valence-corrected chi connectivity index (χ1v) is 6.58. The average molecular weight is 318 g/mol. The van der Waals surface area contributed by atoms with Crippen molar-refractivity contribution >= 4 is 11.9 Å². The number of hydrogen-bond donors (Lipinski definition) is 3. The highest BCUT2D eigenvalue weighted by Crippen LogP contribution is 2.23. The van der Waals surface area contributed by atoms with Gasteiger partial charge in [0.15, 0.2) is 0 Å². The van der Waals surface area contributed by atoms with Crippen molar-refractivity contribution < 1.29 is 27.9 Å². The smallest absolute Gasteiger partial charge is 0.403 e. The number of carbonyl (C=O) groups excluding carboxylic acids is 1. The fraction of sp³-hybridized carbons (Fsp3) is 0.429. The number of amides is 1. The van der Waals surface area contributed by atoms with Crippen LogP contribution in [0.5, 0.6) is 0 Å². The van der Waals surface area contributed by atoms with Gasteiger partial charge in [-0.3, -0.25) is 4.79 Å². The van der Waals surface area contributed by atoms with Gasteiger partial charge in [-0.15, -0.1) is 0 Å². The van der Waals surface area contributed by atoms with Crippen LogP contribution in [-0.2, 0) is 4.79 Å². The summed E-state index contributed by atoms with van der Waals surface area (Å²) in [5.74, 6) is -2.01. The van der Waals surface area contributed by atoms with Crippen molar-refractivity contribution in [2.75, 3.05) is 7.05 Å². The molecule has 0 aliphatic rings. The third kappa shape index (κ3) is 5.36. The molecule has 0 spiro atoms. The minimum Gasteiger partial charge on any atom is -0.480 e. The molecule has 1 aromatic carbocycles. The van der Waals surface area contributed by atoms with E-state index in [0.717, 1.165) is 7.05 Å². The van der Waals surface area contributed by atoms with Gasteiger partial charge in [0, 0.05) is 5.56 Å². The molecule has 5 nitrogen and oxygen atoms in total. The summed E-state index contributed by atoms with van der Waals surface area (Å²) in [6, 6.07) is 4.66. The molecule has 0 radical (unpaired) electrons. The van der Waals surface area contributed by atoms with Crippen LogP contribution in [0.3, 0.4) is 0 Å². The van der Waals surface area contributed by atoms with E-state index >= 15 is 0 Å². The minimum absolute atomic E-state index is 0.245. The van der Waals surface area contributed by atoms with Gasteiger partial charge < -0.3 is 15.7 Å². The van der Waals surface area contributed by atoms with E-state index in [1.807, 2.05) is 0 Å². The van der Waals surface area contributed by atoms with E-state index in [1.54, 1.807) is 18.2 Å². The molecule has 0 unspecified atom stereocenters. The van der Waals surface area contributed by atoms with Crippen LogP contribution in [-0.4, -0.2) is 42.3 Å². The molecule has 22 heavy (non-hydrogen) atoms. The molecule has 3 N–H and O–H groups in total. The van der Waals surface area contributed by atoms with Crippen LogP contribution >= 0.6 is 0 Å². The Balaban J connectivity index is 2.67. The first-order chi connectivity index (χ1) is 10.3. The first-order valence-electron chi connectivity index (χ1n) is 6.58. The van der Waals surface area contributed by atoms with Crippen LogP contribution < -0.4 is 10.6 Å². The maximum absolute atomic E-state index is 12.6. The second-order valence-corrected chi connectivity index (χ2v) is 4.69. The fourth-order valence-corrected chi connectivity index (χ4v) is 1.89. The van der Waals surface area contributed by atoms with Crippen molar-refractivity contribution in [1.82, 2.24) is 10.6 Å². The van der Waals surface area contributed by atoms with Gasteiger partial charge in [0.1, 0.15) is 12.1 Å². The van der Waals surface area contributed by atoms with Gasteiger partial charge >= 0.3 is 12.1 Å². The van der Waals surface area contributed by atoms with Crippen LogP contribution in [0.2, 0.25) is 0 Å². The van der Waals surface area contributed by atoms with E-state index in [-0.39, 0.29) is 12.0 Å². The molecule has 1 amide bonds.